The van der Waals surface area contributed by atoms with Crippen molar-refractivity contribution in [3.63, 3.8) is 0 Å². The summed E-state index contributed by atoms with van der Waals surface area (Å²) in [6.45, 7) is 1.51. The highest BCUT2D eigenvalue weighted by molar-refractivity contribution is 6.52. The van der Waals surface area contributed by atoms with Gasteiger partial charge in [0.2, 0.25) is 11.8 Å². The topological polar surface area (TPSA) is 72.2 Å². The van der Waals surface area contributed by atoms with E-state index in [9.17, 15) is 9.59 Å². The number of hydrogen-bond acceptors (Lipinski definition) is 2. The van der Waals surface area contributed by atoms with Crippen LogP contribution in [0.3, 0.4) is 0 Å². The third kappa shape index (κ3) is 2.48. The molecule has 2 atom stereocenters. The Labute approximate surface area is 85.7 Å². The largest absolute Gasteiger partial charge is 0.368 e. The van der Waals surface area contributed by atoms with Crippen LogP contribution in [0.5, 0.6) is 0 Å². The van der Waals surface area contributed by atoms with Crippen LogP contribution in [-0.4, -0.2) is 22.2 Å². The van der Waals surface area contributed by atoms with Gasteiger partial charge in [-0.25, -0.2) is 0 Å². The fourth-order valence-electron chi connectivity index (χ4n) is 0.883. The number of amides is 2. The average molecular weight is 225 g/mol. The minimum atomic E-state index is -0.957. The first-order valence-electron chi connectivity index (χ1n) is 3.82. The quantitative estimate of drug-likeness (QED) is 0.672. The molecule has 1 saturated carbocycles. The van der Waals surface area contributed by atoms with E-state index in [2.05, 4.69) is 5.32 Å². The predicted molar refractivity (Wildman–Crippen MR) is 49.3 cm³/mol. The molecule has 0 aromatic carbocycles. The van der Waals surface area contributed by atoms with Crippen LogP contribution in [0.4, 0.5) is 0 Å². The highest BCUT2D eigenvalue weighted by Gasteiger charge is 2.56. The molecule has 4 nitrogen and oxygen atoms in total. The fourth-order valence-corrected chi connectivity index (χ4v) is 1.39. The molecule has 0 spiro atoms. The van der Waals surface area contributed by atoms with Crippen molar-refractivity contribution in [2.45, 2.75) is 23.7 Å². The highest BCUT2D eigenvalue weighted by atomic mass is 35.5. The number of hydrogen-bond donors (Lipinski definition) is 2. The van der Waals surface area contributed by atoms with E-state index in [-0.39, 0.29) is 5.91 Å². The second kappa shape index (κ2) is 3.35. The van der Waals surface area contributed by atoms with Crippen molar-refractivity contribution in [3.8, 4) is 0 Å². The molecule has 74 valence electrons. The van der Waals surface area contributed by atoms with E-state index in [4.69, 9.17) is 28.9 Å². The maximum absolute atomic E-state index is 11.2. The van der Waals surface area contributed by atoms with Crippen LogP contribution in [-0.2, 0) is 9.59 Å². The standard InChI is InChI=1S/C7H10Cl2N2O2/c1-3(5(10)12)11-6(13)4-2-7(4,8)9/h3-4H,2H2,1H3,(H2,10,12)(H,11,13)/t3-,4?/m1/s1. The van der Waals surface area contributed by atoms with Crippen molar-refractivity contribution in [1.29, 1.82) is 0 Å². The Morgan fingerprint density at radius 1 is 1.62 bits per heavy atom. The molecule has 0 radical (unpaired) electrons. The van der Waals surface area contributed by atoms with E-state index in [1.807, 2.05) is 0 Å². The number of alkyl halides is 2. The fraction of sp³-hybridized carbons (Fsp3) is 0.714. The number of carbonyl (C=O) groups is 2. The second-order valence-corrected chi connectivity index (χ2v) is 4.69. The molecule has 3 N–H and O–H groups in total. The van der Waals surface area contributed by atoms with Crippen LogP contribution in [0.2, 0.25) is 0 Å². The zero-order chi connectivity index (χ0) is 10.2. The number of halogens is 2. The van der Waals surface area contributed by atoms with E-state index < -0.39 is 22.2 Å². The summed E-state index contributed by atoms with van der Waals surface area (Å²) < 4.78 is -0.957. The normalized spacial score (nSPS) is 26.2. The lowest BCUT2D eigenvalue weighted by Gasteiger charge is -2.09. The van der Waals surface area contributed by atoms with Gasteiger partial charge in [-0.1, -0.05) is 0 Å². The SMILES string of the molecule is C[C@@H](NC(=O)C1CC1(Cl)Cl)C(N)=O. The van der Waals surface area contributed by atoms with Crippen LogP contribution in [0.1, 0.15) is 13.3 Å². The number of primary amides is 1. The maximum atomic E-state index is 11.2. The first-order valence-corrected chi connectivity index (χ1v) is 4.57. The first-order chi connectivity index (χ1) is 5.84. The minimum Gasteiger partial charge on any atom is -0.368 e. The molecule has 1 unspecified atom stereocenters. The lowest BCUT2D eigenvalue weighted by atomic mass is 10.3. The maximum Gasteiger partial charge on any atom is 0.239 e. The Morgan fingerprint density at radius 3 is 2.38 bits per heavy atom. The number of carbonyl (C=O) groups excluding carboxylic acids is 2. The second-order valence-electron chi connectivity index (χ2n) is 3.15. The monoisotopic (exact) mass is 224 g/mol. The summed E-state index contributed by atoms with van der Waals surface area (Å²) in [5.74, 6) is -1.32. The number of nitrogens with two attached hydrogens (primary N) is 1. The van der Waals surface area contributed by atoms with Gasteiger partial charge in [-0.05, 0) is 13.3 Å². The van der Waals surface area contributed by atoms with Gasteiger partial charge < -0.3 is 11.1 Å². The van der Waals surface area contributed by atoms with E-state index in [0.29, 0.717) is 6.42 Å². The molecule has 6 heteroatoms. The average Bonchev–Trinajstić information content (AvgIpc) is 2.59. The van der Waals surface area contributed by atoms with Crippen LogP contribution in [0, 0.1) is 5.92 Å². The number of nitrogens with one attached hydrogen (secondary N) is 1. The van der Waals surface area contributed by atoms with Gasteiger partial charge in [-0.15, -0.1) is 23.2 Å². The Hall–Kier alpha value is -0.480. The molecular formula is C7H10Cl2N2O2. The summed E-state index contributed by atoms with van der Waals surface area (Å²) >= 11 is 11.3. The van der Waals surface area contributed by atoms with Gasteiger partial charge in [0.25, 0.3) is 0 Å². The molecule has 1 aliphatic rings. The minimum absolute atomic E-state index is 0.323. The number of rotatable bonds is 3. The predicted octanol–water partition coefficient (Wildman–Crippen LogP) is 0.170. The Bertz CT molecular complexity index is 255. The van der Waals surface area contributed by atoms with Gasteiger partial charge >= 0.3 is 0 Å². The molecule has 0 aromatic heterocycles. The molecular weight excluding hydrogens is 215 g/mol. The lowest BCUT2D eigenvalue weighted by molar-refractivity contribution is -0.127. The first kappa shape index (κ1) is 10.6. The van der Waals surface area contributed by atoms with Crippen LogP contribution in [0.15, 0.2) is 0 Å². The van der Waals surface area contributed by atoms with Gasteiger partial charge in [-0.2, -0.15) is 0 Å². The zero-order valence-electron chi connectivity index (χ0n) is 7.01. The van der Waals surface area contributed by atoms with Crippen LogP contribution in [0.25, 0.3) is 0 Å². The Morgan fingerprint density at radius 2 is 2.08 bits per heavy atom. The summed E-state index contributed by atoms with van der Waals surface area (Å²) in [5.41, 5.74) is 4.95. The van der Waals surface area contributed by atoms with Gasteiger partial charge in [0.15, 0.2) is 0 Å². The van der Waals surface area contributed by atoms with Crippen molar-refractivity contribution >= 4 is 35.0 Å². The van der Waals surface area contributed by atoms with Gasteiger partial charge in [0.05, 0.1) is 5.92 Å². The van der Waals surface area contributed by atoms with Crippen LogP contribution < -0.4 is 11.1 Å². The van der Waals surface area contributed by atoms with E-state index >= 15 is 0 Å². The molecule has 0 heterocycles. The highest BCUT2D eigenvalue weighted by Crippen LogP contribution is 2.53. The third-order valence-electron chi connectivity index (χ3n) is 1.93. The molecule has 1 fully saturated rings. The van der Waals surface area contributed by atoms with E-state index in [1.54, 1.807) is 0 Å². The lowest BCUT2D eigenvalue weighted by Crippen LogP contribution is -2.43. The van der Waals surface area contributed by atoms with Crippen molar-refractivity contribution in [1.82, 2.24) is 5.32 Å². The smallest absolute Gasteiger partial charge is 0.239 e. The van der Waals surface area contributed by atoms with Crippen molar-refractivity contribution in [3.05, 3.63) is 0 Å². The Kier molecular flexibility index (Phi) is 2.73. The summed E-state index contributed by atoms with van der Waals surface area (Å²) in [6, 6.07) is -0.683. The Balaban J connectivity index is 2.40. The van der Waals surface area contributed by atoms with Crippen molar-refractivity contribution < 1.29 is 9.59 Å². The van der Waals surface area contributed by atoms with E-state index in [1.165, 1.54) is 6.92 Å². The molecule has 1 rings (SSSR count). The van der Waals surface area contributed by atoms with Gasteiger partial charge in [0.1, 0.15) is 10.4 Å². The van der Waals surface area contributed by atoms with Crippen molar-refractivity contribution in [2.24, 2.45) is 11.7 Å². The zero-order valence-corrected chi connectivity index (χ0v) is 8.52. The molecule has 0 aromatic rings. The molecule has 1 aliphatic carbocycles. The summed E-state index contributed by atoms with van der Waals surface area (Å²) in [4.78, 5) is 21.8. The molecule has 13 heavy (non-hydrogen) atoms. The summed E-state index contributed by atoms with van der Waals surface area (Å²) in [6.07, 6.45) is 0.424. The summed E-state index contributed by atoms with van der Waals surface area (Å²) in [7, 11) is 0. The molecule has 0 aliphatic heterocycles. The molecule has 2 amide bonds. The van der Waals surface area contributed by atoms with Gasteiger partial charge in [-0.3, -0.25) is 9.59 Å². The third-order valence-corrected chi connectivity index (χ3v) is 2.76. The van der Waals surface area contributed by atoms with E-state index in [0.717, 1.165) is 0 Å². The molecule has 0 bridgehead atoms. The van der Waals surface area contributed by atoms with Crippen molar-refractivity contribution in [2.75, 3.05) is 0 Å². The summed E-state index contributed by atoms with van der Waals surface area (Å²) in [5, 5.41) is 2.41. The van der Waals surface area contributed by atoms with Gasteiger partial charge in [0, 0.05) is 0 Å². The van der Waals surface area contributed by atoms with Crippen LogP contribution >= 0.6 is 23.2 Å². The molecule has 0 saturated heterocycles.